The molecule has 5 heteroatoms. The summed E-state index contributed by atoms with van der Waals surface area (Å²) in [6.07, 6.45) is 0. The van der Waals surface area contributed by atoms with Crippen LogP contribution in [0.15, 0.2) is 30.3 Å². The molecule has 0 heterocycles. The van der Waals surface area contributed by atoms with E-state index in [4.69, 9.17) is 0 Å². The molecule has 0 aliphatic rings. The lowest BCUT2D eigenvalue weighted by Crippen LogP contribution is -2.64. The predicted molar refractivity (Wildman–Crippen MR) is 93.7 cm³/mol. The molecule has 0 saturated heterocycles. The zero-order valence-electron chi connectivity index (χ0n) is 13.8. The number of nitrogens with one attached hydrogen (secondary N) is 1. The van der Waals surface area contributed by atoms with Gasteiger partial charge in [-0.1, -0.05) is 57.5 Å². The number of carbonyl (C=O) groups is 1. The molecule has 0 atom stereocenters. The second kappa shape index (κ2) is 6.14. The molecule has 0 bridgehead atoms. The summed E-state index contributed by atoms with van der Waals surface area (Å²) in [5.74, 6) is 0. The van der Waals surface area contributed by atoms with Crippen molar-refractivity contribution in [2.24, 2.45) is 0 Å². The smallest absolute Gasteiger partial charge is 0.321 e. The molecule has 1 aromatic rings. The standard InChI is InChI=1S/C15H28N2OSi2/c1-17(15(19(2,3)4)20(5,6)7)14(18)16-13-11-9-8-10-12-13/h8-12,15H,1-7H3,(H,16,18). The highest BCUT2D eigenvalue weighted by molar-refractivity contribution is 6.96. The van der Waals surface area contributed by atoms with Gasteiger partial charge in [0, 0.05) is 18.0 Å². The normalized spacial score (nSPS) is 12.4. The highest BCUT2D eigenvalue weighted by Crippen LogP contribution is 2.24. The zero-order valence-corrected chi connectivity index (χ0v) is 15.8. The summed E-state index contributed by atoms with van der Waals surface area (Å²) in [6, 6.07) is 9.67. The molecular formula is C15H28N2OSi2. The maximum atomic E-state index is 12.5. The van der Waals surface area contributed by atoms with E-state index in [9.17, 15) is 4.79 Å². The van der Waals surface area contributed by atoms with Crippen molar-refractivity contribution in [3.63, 3.8) is 0 Å². The highest BCUT2D eigenvalue weighted by atomic mass is 28.4. The third kappa shape index (κ3) is 4.49. The van der Waals surface area contributed by atoms with Gasteiger partial charge in [-0.3, -0.25) is 0 Å². The fourth-order valence-corrected chi connectivity index (χ4v) is 16.3. The largest absolute Gasteiger partial charge is 0.330 e. The van der Waals surface area contributed by atoms with E-state index in [1.807, 2.05) is 42.3 Å². The molecule has 0 fully saturated rings. The molecule has 0 radical (unpaired) electrons. The maximum absolute atomic E-state index is 12.5. The van der Waals surface area contributed by atoms with Crippen LogP contribution in [0.2, 0.25) is 39.3 Å². The van der Waals surface area contributed by atoms with E-state index >= 15 is 0 Å². The Hall–Kier alpha value is -1.08. The van der Waals surface area contributed by atoms with Crippen molar-refractivity contribution in [1.82, 2.24) is 4.90 Å². The third-order valence-electron chi connectivity index (χ3n) is 3.37. The third-order valence-corrected chi connectivity index (χ3v) is 12.6. The number of rotatable bonds is 4. The fraction of sp³-hybridized carbons (Fsp3) is 0.533. The molecule has 0 aliphatic carbocycles. The SMILES string of the molecule is CN(C(=O)Nc1ccccc1)C([Si](C)(C)C)[Si](C)(C)C. The first kappa shape index (κ1) is 17.0. The van der Waals surface area contributed by atoms with Gasteiger partial charge in [-0.15, -0.1) is 0 Å². The van der Waals surface area contributed by atoms with Crippen molar-refractivity contribution in [2.75, 3.05) is 12.4 Å². The second-order valence-electron chi connectivity index (χ2n) is 7.54. The van der Waals surface area contributed by atoms with Gasteiger partial charge in [-0.05, 0) is 12.1 Å². The monoisotopic (exact) mass is 308 g/mol. The molecule has 1 N–H and O–H groups in total. The summed E-state index contributed by atoms with van der Waals surface area (Å²) < 4.78 is 0. The first-order valence-electron chi connectivity index (χ1n) is 7.12. The van der Waals surface area contributed by atoms with Gasteiger partial charge in [0.1, 0.15) is 0 Å². The van der Waals surface area contributed by atoms with E-state index in [1.54, 1.807) is 0 Å². The van der Waals surface area contributed by atoms with Gasteiger partial charge in [0.25, 0.3) is 0 Å². The van der Waals surface area contributed by atoms with Crippen LogP contribution in [0.4, 0.5) is 10.5 Å². The summed E-state index contributed by atoms with van der Waals surface area (Å²) in [5.41, 5.74) is 0.856. The molecule has 2 amide bonds. The minimum absolute atomic E-state index is 0.00560. The molecule has 20 heavy (non-hydrogen) atoms. The van der Waals surface area contributed by atoms with Gasteiger partial charge in [-0.25, -0.2) is 4.79 Å². The first-order chi connectivity index (χ1) is 9.03. The molecular weight excluding hydrogens is 280 g/mol. The zero-order chi connectivity index (χ0) is 15.6. The van der Waals surface area contributed by atoms with E-state index in [0.717, 1.165) is 5.69 Å². The Morgan fingerprint density at radius 3 is 1.85 bits per heavy atom. The van der Waals surface area contributed by atoms with Crippen molar-refractivity contribution in [3.05, 3.63) is 30.3 Å². The van der Waals surface area contributed by atoms with E-state index in [-0.39, 0.29) is 6.03 Å². The molecule has 0 spiro atoms. The Kier molecular flexibility index (Phi) is 5.21. The van der Waals surface area contributed by atoms with Crippen LogP contribution in [0.25, 0.3) is 0 Å². The molecule has 0 unspecified atom stereocenters. The van der Waals surface area contributed by atoms with Crippen LogP contribution in [0.5, 0.6) is 0 Å². The van der Waals surface area contributed by atoms with Crippen molar-refractivity contribution in [3.8, 4) is 0 Å². The van der Waals surface area contributed by atoms with Crippen LogP contribution in [-0.4, -0.2) is 39.4 Å². The lowest BCUT2D eigenvalue weighted by Gasteiger charge is -2.44. The fourth-order valence-electron chi connectivity index (χ4n) is 3.31. The van der Waals surface area contributed by atoms with Crippen molar-refractivity contribution in [2.45, 2.75) is 44.6 Å². The Morgan fingerprint density at radius 2 is 1.45 bits per heavy atom. The number of nitrogens with zero attached hydrogens (tertiary/aromatic N) is 1. The van der Waals surface area contributed by atoms with Gasteiger partial charge in [0.2, 0.25) is 0 Å². The lowest BCUT2D eigenvalue weighted by molar-refractivity contribution is 0.223. The van der Waals surface area contributed by atoms with Crippen molar-refractivity contribution in [1.29, 1.82) is 0 Å². The van der Waals surface area contributed by atoms with Crippen LogP contribution >= 0.6 is 0 Å². The number of anilines is 1. The minimum Gasteiger partial charge on any atom is -0.330 e. The number of hydrogen-bond donors (Lipinski definition) is 1. The van der Waals surface area contributed by atoms with E-state index in [2.05, 4.69) is 44.6 Å². The molecule has 3 nitrogen and oxygen atoms in total. The van der Waals surface area contributed by atoms with Crippen LogP contribution in [-0.2, 0) is 0 Å². The van der Waals surface area contributed by atoms with Gasteiger partial charge in [0.15, 0.2) is 0 Å². The number of para-hydroxylation sites is 1. The van der Waals surface area contributed by atoms with Gasteiger partial charge >= 0.3 is 6.03 Å². The van der Waals surface area contributed by atoms with Crippen LogP contribution in [0, 0.1) is 0 Å². The van der Waals surface area contributed by atoms with Gasteiger partial charge < -0.3 is 10.2 Å². The molecule has 112 valence electrons. The van der Waals surface area contributed by atoms with Gasteiger partial charge in [0.05, 0.1) is 16.1 Å². The first-order valence-corrected chi connectivity index (χ1v) is 14.3. The number of carbonyl (C=O) groups excluding carboxylic acids is 1. The molecule has 0 aromatic heterocycles. The van der Waals surface area contributed by atoms with Crippen LogP contribution in [0.3, 0.4) is 0 Å². The Morgan fingerprint density at radius 1 is 1.00 bits per heavy atom. The lowest BCUT2D eigenvalue weighted by atomic mass is 10.3. The Bertz CT molecular complexity index is 435. The van der Waals surface area contributed by atoms with Crippen molar-refractivity contribution < 1.29 is 4.79 Å². The van der Waals surface area contributed by atoms with Gasteiger partial charge in [-0.2, -0.15) is 0 Å². The summed E-state index contributed by atoms with van der Waals surface area (Å²) in [7, 11) is -0.933. The van der Waals surface area contributed by atoms with Crippen molar-refractivity contribution >= 4 is 27.9 Å². The van der Waals surface area contributed by atoms with Crippen LogP contribution < -0.4 is 5.32 Å². The average Bonchev–Trinajstić information content (AvgIpc) is 2.26. The summed E-state index contributed by atoms with van der Waals surface area (Å²) in [5, 5.41) is 3.41. The number of amides is 2. The summed E-state index contributed by atoms with van der Waals surface area (Å²) >= 11 is 0. The minimum atomic E-state index is -1.44. The summed E-state index contributed by atoms with van der Waals surface area (Å²) in [4.78, 5) is 14.5. The Labute approximate surface area is 125 Å². The predicted octanol–water partition coefficient (Wildman–Crippen LogP) is 4.27. The second-order valence-corrected chi connectivity index (χ2v) is 18.7. The average molecular weight is 309 g/mol. The molecule has 1 rings (SSSR count). The summed E-state index contributed by atoms with van der Waals surface area (Å²) in [6.45, 7) is 14.1. The van der Waals surface area contributed by atoms with E-state index in [0.29, 0.717) is 5.29 Å². The Balaban J connectivity index is 2.91. The van der Waals surface area contributed by atoms with E-state index in [1.165, 1.54) is 0 Å². The number of benzene rings is 1. The molecule has 1 aromatic carbocycles. The van der Waals surface area contributed by atoms with Crippen LogP contribution in [0.1, 0.15) is 0 Å². The number of urea groups is 1. The topological polar surface area (TPSA) is 32.3 Å². The number of hydrogen-bond acceptors (Lipinski definition) is 1. The quantitative estimate of drug-likeness (QED) is 0.828. The maximum Gasteiger partial charge on any atom is 0.321 e. The molecule has 0 aliphatic heterocycles. The van der Waals surface area contributed by atoms with E-state index < -0.39 is 16.1 Å². The highest BCUT2D eigenvalue weighted by Gasteiger charge is 2.42. The molecule has 0 saturated carbocycles.